The van der Waals surface area contributed by atoms with E-state index in [-0.39, 0.29) is 16.9 Å². The van der Waals surface area contributed by atoms with Gasteiger partial charge >= 0.3 is 5.69 Å². The number of anilines is 2. The Labute approximate surface area is 106 Å². The SMILES string of the molecule is CCC(C)(C)CNc1nc(NN)ccc1[N+](=O)[O-]. The monoisotopic (exact) mass is 253 g/mol. The van der Waals surface area contributed by atoms with Gasteiger partial charge in [-0.25, -0.2) is 10.8 Å². The zero-order chi connectivity index (χ0) is 13.8. The van der Waals surface area contributed by atoms with Gasteiger partial charge in [-0.2, -0.15) is 0 Å². The van der Waals surface area contributed by atoms with Gasteiger partial charge in [0, 0.05) is 12.6 Å². The van der Waals surface area contributed by atoms with E-state index in [4.69, 9.17) is 5.84 Å². The summed E-state index contributed by atoms with van der Waals surface area (Å²) in [6.07, 6.45) is 0.961. The largest absolute Gasteiger partial charge is 0.364 e. The van der Waals surface area contributed by atoms with Crippen LogP contribution < -0.4 is 16.6 Å². The average molecular weight is 253 g/mol. The smallest absolute Gasteiger partial charge is 0.311 e. The van der Waals surface area contributed by atoms with Crippen molar-refractivity contribution in [3.63, 3.8) is 0 Å². The van der Waals surface area contributed by atoms with Gasteiger partial charge in [-0.05, 0) is 17.9 Å². The molecule has 100 valence electrons. The third-order valence-corrected chi connectivity index (χ3v) is 2.91. The number of pyridine rings is 1. The molecular formula is C11H19N5O2. The number of hydrogen-bond acceptors (Lipinski definition) is 6. The quantitative estimate of drug-likeness (QED) is 0.407. The maximum atomic E-state index is 10.9. The molecule has 4 N–H and O–H groups in total. The number of nitro groups is 1. The highest BCUT2D eigenvalue weighted by atomic mass is 16.6. The Morgan fingerprint density at radius 1 is 1.50 bits per heavy atom. The highest BCUT2D eigenvalue weighted by Crippen LogP contribution is 2.26. The van der Waals surface area contributed by atoms with Crippen molar-refractivity contribution < 1.29 is 4.92 Å². The van der Waals surface area contributed by atoms with Crippen LogP contribution in [0.4, 0.5) is 17.3 Å². The van der Waals surface area contributed by atoms with Crippen molar-refractivity contribution in [2.24, 2.45) is 11.3 Å². The summed E-state index contributed by atoms with van der Waals surface area (Å²) >= 11 is 0. The Bertz CT molecular complexity index is 433. The van der Waals surface area contributed by atoms with Gasteiger partial charge in [-0.15, -0.1) is 0 Å². The molecule has 0 saturated carbocycles. The molecule has 0 aliphatic heterocycles. The number of hydrazine groups is 1. The first-order chi connectivity index (χ1) is 8.39. The minimum absolute atomic E-state index is 0.0433. The normalized spacial score (nSPS) is 11.1. The summed E-state index contributed by atoms with van der Waals surface area (Å²) in [6.45, 7) is 6.83. The molecule has 0 atom stereocenters. The van der Waals surface area contributed by atoms with Crippen LogP contribution in [0.5, 0.6) is 0 Å². The van der Waals surface area contributed by atoms with Gasteiger partial charge in [0.05, 0.1) is 4.92 Å². The fraction of sp³-hybridized carbons (Fsp3) is 0.545. The molecule has 0 radical (unpaired) electrons. The summed E-state index contributed by atoms with van der Waals surface area (Å²) in [6, 6.07) is 2.84. The molecule has 7 nitrogen and oxygen atoms in total. The molecule has 1 heterocycles. The van der Waals surface area contributed by atoms with Crippen molar-refractivity contribution >= 4 is 17.3 Å². The van der Waals surface area contributed by atoms with E-state index >= 15 is 0 Å². The second-order valence-electron chi connectivity index (χ2n) is 4.84. The number of hydrogen-bond donors (Lipinski definition) is 3. The summed E-state index contributed by atoms with van der Waals surface area (Å²) in [4.78, 5) is 14.5. The first-order valence-corrected chi connectivity index (χ1v) is 5.75. The maximum absolute atomic E-state index is 10.9. The van der Waals surface area contributed by atoms with Gasteiger partial charge in [-0.3, -0.25) is 10.1 Å². The highest BCUT2D eigenvalue weighted by molar-refractivity contribution is 5.60. The number of rotatable bonds is 6. The number of nitrogens with two attached hydrogens (primary N) is 1. The van der Waals surface area contributed by atoms with Crippen LogP contribution >= 0.6 is 0 Å². The number of nitrogens with one attached hydrogen (secondary N) is 2. The van der Waals surface area contributed by atoms with Crippen molar-refractivity contribution in [3.8, 4) is 0 Å². The number of nitrogen functional groups attached to an aromatic ring is 1. The number of aromatic nitrogens is 1. The summed E-state index contributed by atoms with van der Waals surface area (Å²) in [5, 5.41) is 13.9. The molecular weight excluding hydrogens is 234 g/mol. The molecule has 0 aliphatic rings. The third-order valence-electron chi connectivity index (χ3n) is 2.91. The van der Waals surface area contributed by atoms with Gasteiger partial charge < -0.3 is 10.7 Å². The molecule has 0 fully saturated rings. The van der Waals surface area contributed by atoms with E-state index in [1.54, 1.807) is 0 Å². The zero-order valence-corrected chi connectivity index (χ0v) is 10.9. The summed E-state index contributed by atoms with van der Waals surface area (Å²) < 4.78 is 0. The van der Waals surface area contributed by atoms with E-state index in [1.165, 1.54) is 12.1 Å². The lowest BCUT2D eigenvalue weighted by Gasteiger charge is -2.23. The summed E-state index contributed by atoms with van der Waals surface area (Å²) in [5.41, 5.74) is 2.36. The van der Waals surface area contributed by atoms with Crippen molar-refractivity contribution in [2.75, 3.05) is 17.3 Å². The van der Waals surface area contributed by atoms with Crippen LogP contribution in [0.2, 0.25) is 0 Å². The van der Waals surface area contributed by atoms with Gasteiger partial charge in [0.1, 0.15) is 5.82 Å². The van der Waals surface area contributed by atoms with E-state index in [0.717, 1.165) is 6.42 Å². The molecule has 0 aliphatic carbocycles. The van der Waals surface area contributed by atoms with Crippen molar-refractivity contribution in [2.45, 2.75) is 27.2 Å². The average Bonchev–Trinajstić information content (AvgIpc) is 2.36. The van der Waals surface area contributed by atoms with Gasteiger partial charge in [0.2, 0.25) is 5.82 Å². The fourth-order valence-corrected chi connectivity index (χ4v) is 1.26. The fourth-order valence-electron chi connectivity index (χ4n) is 1.26. The molecule has 7 heteroatoms. The first-order valence-electron chi connectivity index (χ1n) is 5.75. The minimum atomic E-state index is -0.464. The van der Waals surface area contributed by atoms with Crippen LogP contribution in [0.15, 0.2) is 12.1 Å². The minimum Gasteiger partial charge on any atom is -0.364 e. The molecule has 0 spiro atoms. The topological polar surface area (TPSA) is 106 Å². The standard InChI is InChI=1S/C11H19N5O2/c1-4-11(2,3)7-13-10-8(16(17)18)5-6-9(14-10)15-12/h5-6H,4,7,12H2,1-3H3,(H2,13,14,15). The molecule has 0 bridgehead atoms. The Morgan fingerprint density at radius 2 is 2.17 bits per heavy atom. The lowest BCUT2D eigenvalue weighted by atomic mass is 9.90. The van der Waals surface area contributed by atoms with Crippen LogP contribution in [0.1, 0.15) is 27.2 Å². The van der Waals surface area contributed by atoms with E-state index < -0.39 is 4.92 Å². The lowest BCUT2D eigenvalue weighted by molar-refractivity contribution is -0.384. The van der Waals surface area contributed by atoms with Crippen LogP contribution in [0.25, 0.3) is 0 Å². The molecule has 0 saturated heterocycles. The second-order valence-corrected chi connectivity index (χ2v) is 4.84. The molecule has 0 amide bonds. The molecule has 0 unspecified atom stereocenters. The van der Waals surface area contributed by atoms with Gasteiger partial charge in [-0.1, -0.05) is 20.8 Å². The number of nitrogens with zero attached hydrogens (tertiary/aromatic N) is 2. The maximum Gasteiger partial charge on any atom is 0.311 e. The van der Waals surface area contributed by atoms with E-state index in [0.29, 0.717) is 12.4 Å². The molecule has 1 aromatic rings. The molecule has 18 heavy (non-hydrogen) atoms. The summed E-state index contributed by atoms with van der Waals surface area (Å²) in [7, 11) is 0. The molecule has 0 aromatic carbocycles. The molecule has 1 rings (SSSR count). The predicted octanol–water partition coefficient (Wildman–Crippen LogP) is 2.12. The highest BCUT2D eigenvalue weighted by Gasteiger charge is 2.20. The Hall–Kier alpha value is -1.89. The first kappa shape index (κ1) is 14.2. The van der Waals surface area contributed by atoms with E-state index in [1.807, 2.05) is 0 Å². The summed E-state index contributed by atoms with van der Waals surface area (Å²) in [5.74, 6) is 5.86. The van der Waals surface area contributed by atoms with Crippen molar-refractivity contribution in [1.29, 1.82) is 0 Å². The van der Waals surface area contributed by atoms with Crippen LogP contribution in [0, 0.1) is 15.5 Å². The van der Waals surface area contributed by atoms with Crippen molar-refractivity contribution in [3.05, 3.63) is 22.2 Å². The van der Waals surface area contributed by atoms with Crippen LogP contribution in [-0.2, 0) is 0 Å². The molecule has 1 aromatic heterocycles. The van der Waals surface area contributed by atoms with E-state index in [9.17, 15) is 10.1 Å². The Kier molecular flexibility index (Phi) is 4.43. The van der Waals surface area contributed by atoms with Gasteiger partial charge in [0.25, 0.3) is 0 Å². The van der Waals surface area contributed by atoms with Crippen LogP contribution in [0.3, 0.4) is 0 Å². The Balaban J connectivity index is 2.94. The second kappa shape index (κ2) is 5.63. The lowest BCUT2D eigenvalue weighted by Crippen LogP contribution is -2.23. The van der Waals surface area contributed by atoms with E-state index in [2.05, 4.69) is 36.5 Å². The third kappa shape index (κ3) is 3.56. The van der Waals surface area contributed by atoms with Crippen LogP contribution in [-0.4, -0.2) is 16.5 Å². The van der Waals surface area contributed by atoms with Gasteiger partial charge in [0.15, 0.2) is 0 Å². The van der Waals surface area contributed by atoms with Crippen molar-refractivity contribution in [1.82, 2.24) is 4.98 Å². The predicted molar refractivity (Wildman–Crippen MR) is 71.3 cm³/mol. The zero-order valence-electron chi connectivity index (χ0n) is 10.9. The Morgan fingerprint density at radius 3 is 2.67 bits per heavy atom.